The molecule has 1 aromatic heterocycles. The van der Waals surface area contributed by atoms with Crippen molar-refractivity contribution in [2.45, 2.75) is 94.5 Å². The van der Waals surface area contributed by atoms with Crippen LogP contribution >= 0.6 is 0 Å². The van der Waals surface area contributed by atoms with Gasteiger partial charge in [0.05, 0.1) is 24.1 Å². The fourth-order valence-electron chi connectivity index (χ4n) is 8.73. The Hall–Kier alpha value is -1.17. The van der Waals surface area contributed by atoms with Crippen molar-refractivity contribution >= 4 is 0 Å². The summed E-state index contributed by atoms with van der Waals surface area (Å²) >= 11 is 0. The molecule has 158 valence electrons. The number of epoxide rings is 1. The minimum absolute atomic E-state index is 0.0404. The van der Waals surface area contributed by atoms with Gasteiger partial charge in [0.2, 0.25) is 0 Å². The Morgan fingerprint density at radius 1 is 1.03 bits per heavy atom. The molecule has 2 heterocycles. The molecule has 5 fully saturated rings. The second kappa shape index (κ2) is 5.54. The minimum Gasteiger partial charge on any atom is -0.431 e. The van der Waals surface area contributed by atoms with Crippen LogP contribution in [0.1, 0.15) is 76.7 Å². The normalized spacial score (nSPS) is 55.4. The zero-order valence-electron chi connectivity index (χ0n) is 17.4. The Morgan fingerprint density at radius 2 is 1.79 bits per heavy atom. The summed E-state index contributed by atoms with van der Waals surface area (Å²) in [6, 6.07) is 3.48. The van der Waals surface area contributed by atoms with E-state index in [9.17, 15) is 15.0 Å². The van der Waals surface area contributed by atoms with Crippen molar-refractivity contribution in [1.29, 1.82) is 0 Å². The number of hydrogen-bond acceptors (Lipinski definition) is 5. The first-order valence-electron chi connectivity index (χ1n) is 11.4. The monoisotopic (exact) mass is 400 g/mol. The number of hydrogen-bond donors (Lipinski definition) is 2. The molecule has 1 spiro atoms. The van der Waals surface area contributed by atoms with Crippen LogP contribution in [0.5, 0.6) is 0 Å². The van der Waals surface area contributed by atoms with Gasteiger partial charge in [-0.1, -0.05) is 13.8 Å². The summed E-state index contributed by atoms with van der Waals surface area (Å²) in [6.07, 6.45) is 8.69. The molecule has 0 amide bonds. The Balaban J connectivity index is 1.37. The molecule has 4 saturated carbocycles. The standard InChI is InChI=1S/C24H32O5/c1-21-8-5-15(25)12-23(21,27)10-7-17-16(21)6-9-22(2)18(11-19-24(17,22)29-19)14-3-4-20(26)28-13-14/h3-4,13,15-19,25,27H,5-12H2,1-2H3/t15-,16-,17+,18?,19+,21+,22+,23-,24+/m0/s1. The number of aliphatic hydroxyl groups is 2. The van der Waals surface area contributed by atoms with Gasteiger partial charge in [0.15, 0.2) is 0 Å². The van der Waals surface area contributed by atoms with Gasteiger partial charge in [0, 0.05) is 17.9 Å². The molecule has 6 rings (SSSR count). The summed E-state index contributed by atoms with van der Waals surface area (Å²) in [5.41, 5.74) is -0.118. The summed E-state index contributed by atoms with van der Waals surface area (Å²) in [6.45, 7) is 4.67. The molecule has 5 heteroatoms. The molecule has 5 nitrogen and oxygen atoms in total. The summed E-state index contributed by atoms with van der Waals surface area (Å²) in [4.78, 5) is 11.4. The van der Waals surface area contributed by atoms with Gasteiger partial charge in [-0.25, -0.2) is 4.79 Å². The molecule has 2 N–H and O–H groups in total. The van der Waals surface area contributed by atoms with Crippen molar-refractivity contribution in [1.82, 2.24) is 0 Å². The van der Waals surface area contributed by atoms with Crippen molar-refractivity contribution in [3.8, 4) is 0 Å². The molecule has 1 unspecified atom stereocenters. The molecular weight excluding hydrogens is 368 g/mol. The van der Waals surface area contributed by atoms with E-state index < -0.39 is 5.60 Å². The van der Waals surface area contributed by atoms with Crippen LogP contribution in [0.3, 0.4) is 0 Å². The molecule has 0 bridgehead atoms. The minimum atomic E-state index is -0.749. The fourth-order valence-corrected chi connectivity index (χ4v) is 8.73. The highest BCUT2D eigenvalue weighted by Crippen LogP contribution is 2.78. The van der Waals surface area contributed by atoms with E-state index in [2.05, 4.69) is 13.8 Å². The van der Waals surface area contributed by atoms with E-state index >= 15 is 0 Å². The summed E-state index contributed by atoms with van der Waals surface area (Å²) < 4.78 is 11.8. The largest absolute Gasteiger partial charge is 0.431 e. The van der Waals surface area contributed by atoms with E-state index in [1.807, 2.05) is 6.07 Å². The lowest BCUT2D eigenvalue weighted by Gasteiger charge is -2.64. The fraction of sp³-hybridized carbons (Fsp3) is 0.792. The number of aliphatic hydroxyl groups excluding tert-OH is 1. The van der Waals surface area contributed by atoms with E-state index in [0.29, 0.717) is 24.2 Å². The van der Waals surface area contributed by atoms with Crippen molar-refractivity contribution in [3.63, 3.8) is 0 Å². The van der Waals surface area contributed by atoms with Gasteiger partial charge >= 0.3 is 5.63 Å². The zero-order chi connectivity index (χ0) is 20.2. The maximum atomic E-state index is 11.6. The molecule has 1 saturated heterocycles. The number of ether oxygens (including phenoxy) is 1. The van der Waals surface area contributed by atoms with Gasteiger partial charge in [-0.05, 0) is 79.7 Å². The molecule has 5 aliphatic rings. The molecule has 0 radical (unpaired) electrons. The highest BCUT2D eigenvalue weighted by molar-refractivity contribution is 5.35. The lowest BCUT2D eigenvalue weighted by atomic mass is 9.42. The maximum Gasteiger partial charge on any atom is 0.335 e. The molecular formula is C24H32O5. The lowest BCUT2D eigenvalue weighted by Crippen LogP contribution is -2.65. The SMILES string of the molecule is C[C@]12CC[C@H]3[C@@H](CC[C@]4(O)C[C@@H](O)CC[C@]34C)[C@]13O[C@@H]3CC2c1ccc(=O)oc1. The van der Waals surface area contributed by atoms with E-state index in [1.54, 1.807) is 6.26 Å². The average molecular weight is 401 g/mol. The van der Waals surface area contributed by atoms with Crippen molar-refractivity contribution in [3.05, 3.63) is 34.4 Å². The molecule has 9 atom stereocenters. The van der Waals surface area contributed by atoms with E-state index in [-0.39, 0.29) is 34.3 Å². The maximum absolute atomic E-state index is 11.6. The Morgan fingerprint density at radius 3 is 2.55 bits per heavy atom. The van der Waals surface area contributed by atoms with Gasteiger partial charge in [-0.3, -0.25) is 0 Å². The van der Waals surface area contributed by atoms with E-state index in [1.165, 1.54) is 6.07 Å². The van der Waals surface area contributed by atoms with Crippen LogP contribution in [0.2, 0.25) is 0 Å². The topological polar surface area (TPSA) is 83.2 Å². The van der Waals surface area contributed by atoms with Gasteiger partial charge in [-0.2, -0.15) is 0 Å². The van der Waals surface area contributed by atoms with Gasteiger partial charge in [0.1, 0.15) is 5.60 Å². The Bertz CT molecular complexity index is 890. The Labute approximate surface area is 171 Å². The van der Waals surface area contributed by atoms with Crippen molar-refractivity contribution in [2.24, 2.45) is 22.7 Å². The van der Waals surface area contributed by atoms with Crippen LogP contribution < -0.4 is 5.63 Å². The first-order chi connectivity index (χ1) is 13.7. The molecule has 1 aliphatic heterocycles. The highest BCUT2D eigenvalue weighted by Gasteiger charge is 2.81. The third-order valence-corrected chi connectivity index (χ3v) is 10.3. The Kier molecular flexibility index (Phi) is 3.55. The van der Waals surface area contributed by atoms with Gasteiger partial charge < -0.3 is 19.4 Å². The third kappa shape index (κ3) is 2.10. The van der Waals surface area contributed by atoms with Crippen LogP contribution in [0.25, 0.3) is 0 Å². The summed E-state index contributed by atoms with van der Waals surface area (Å²) in [5, 5.41) is 21.8. The number of rotatable bonds is 1. The predicted molar refractivity (Wildman–Crippen MR) is 106 cm³/mol. The van der Waals surface area contributed by atoms with Crippen molar-refractivity contribution in [2.75, 3.05) is 0 Å². The first kappa shape index (κ1) is 18.6. The molecule has 29 heavy (non-hydrogen) atoms. The van der Waals surface area contributed by atoms with Gasteiger partial charge in [0.25, 0.3) is 0 Å². The third-order valence-electron chi connectivity index (χ3n) is 10.3. The highest BCUT2D eigenvalue weighted by atomic mass is 16.6. The van der Waals surface area contributed by atoms with Crippen molar-refractivity contribution < 1.29 is 19.4 Å². The van der Waals surface area contributed by atoms with Crippen LogP contribution in [0.4, 0.5) is 0 Å². The zero-order valence-corrected chi connectivity index (χ0v) is 17.4. The second-order valence-electron chi connectivity index (χ2n) is 11.1. The summed E-state index contributed by atoms with van der Waals surface area (Å²) in [5.74, 6) is 1.26. The quantitative estimate of drug-likeness (QED) is 0.706. The van der Waals surface area contributed by atoms with Gasteiger partial charge in [-0.15, -0.1) is 0 Å². The number of fused-ring (bicyclic) bond motifs is 3. The van der Waals surface area contributed by atoms with Crippen LogP contribution in [0, 0.1) is 22.7 Å². The second-order valence-corrected chi connectivity index (χ2v) is 11.1. The van der Waals surface area contributed by atoms with Crippen LogP contribution in [-0.4, -0.2) is 33.6 Å². The smallest absolute Gasteiger partial charge is 0.335 e. The van der Waals surface area contributed by atoms with E-state index in [0.717, 1.165) is 50.5 Å². The average Bonchev–Trinajstić information content (AvgIpc) is 3.34. The van der Waals surface area contributed by atoms with Crippen LogP contribution in [0.15, 0.2) is 27.6 Å². The summed E-state index contributed by atoms with van der Waals surface area (Å²) in [7, 11) is 0. The molecule has 1 aromatic rings. The molecule has 0 aromatic carbocycles. The predicted octanol–water partition coefficient (Wildman–Crippen LogP) is 3.37. The lowest BCUT2D eigenvalue weighted by molar-refractivity contribution is -0.223. The molecule has 4 aliphatic carbocycles. The first-order valence-corrected chi connectivity index (χ1v) is 11.4. The van der Waals surface area contributed by atoms with E-state index in [4.69, 9.17) is 9.15 Å². The van der Waals surface area contributed by atoms with Crippen LogP contribution in [-0.2, 0) is 4.74 Å².